The first kappa shape index (κ1) is 22.6. The molecular weight excluding hydrogens is 392 g/mol. The number of anilines is 1. The maximum atomic E-state index is 12.5. The molecule has 1 atom stereocenters. The molecule has 0 saturated carbocycles. The van der Waals surface area contributed by atoms with Gasteiger partial charge in [0.25, 0.3) is 0 Å². The number of Topliss-reactive ketones (excluding diaryl/α,β-unsaturated/α-hetero) is 1. The van der Waals surface area contributed by atoms with E-state index >= 15 is 0 Å². The van der Waals surface area contributed by atoms with Crippen LogP contribution in [-0.2, 0) is 22.4 Å². The number of carbonyl (C=O) groups is 2. The second-order valence-corrected chi connectivity index (χ2v) is 8.07. The van der Waals surface area contributed by atoms with E-state index in [1.54, 1.807) is 19.3 Å². The first-order chi connectivity index (χ1) is 15.0. The molecule has 1 aliphatic heterocycles. The molecule has 3 rings (SSSR count). The standard InChI is InChI=1S/C24H30N4O3/c1-3-17-11-18-7-6-10-25-24(18)28-22(17)9-5-4-8-21(29)12-19(13-23(30)31)20-14-26-16(2)27-15-20/h3,11,14-15,19H,1,4-10,12-13H2,2H3,(H,25,28)(H,30,31). The van der Waals surface area contributed by atoms with E-state index in [2.05, 4.69) is 27.9 Å². The van der Waals surface area contributed by atoms with Gasteiger partial charge in [-0.2, -0.15) is 0 Å². The molecule has 7 nitrogen and oxygen atoms in total. The fraction of sp³-hybridized carbons (Fsp3) is 0.458. The summed E-state index contributed by atoms with van der Waals surface area (Å²) in [5, 5.41) is 12.6. The zero-order chi connectivity index (χ0) is 22.2. The molecule has 0 amide bonds. The van der Waals surface area contributed by atoms with Crippen molar-refractivity contribution in [2.45, 2.75) is 64.2 Å². The molecule has 2 aromatic heterocycles. The lowest BCUT2D eigenvalue weighted by Crippen LogP contribution is -2.15. The molecule has 1 aliphatic rings. The van der Waals surface area contributed by atoms with Gasteiger partial charge in [0.1, 0.15) is 17.4 Å². The van der Waals surface area contributed by atoms with Crippen LogP contribution in [0.2, 0.25) is 0 Å². The minimum absolute atomic E-state index is 0.0656. The van der Waals surface area contributed by atoms with Crippen molar-refractivity contribution in [2.75, 3.05) is 11.9 Å². The Labute approximate surface area is 183 Å². The van der Waals surface area contributed by atoms with Crippen molar-refractivity contribution in [1.82, 2.24) is 15.0 Å². The van der Waals surface area contributed by atoms with E-state index < -0.39 is 11.9 Å². The highest BCUT2D eigenvalue weighted by Crippen LogP contribution is 2.26. The third kappa shape index (κ3) is 6.44. The summed E-state index contributed by atoms with van der Waals surface area (Å²) in [4.78, 5) is 36.8. The first-order valence-corrected chi connectivity index (χ1v) is 10.9. The number of carboxylic acids is 1. The molecule has 2 N–H and O–H groups in total. The predicted molar refractivity (Wildman–Crippen MR) is 120 cm³/mol. The zero-order valence-corrected chi connectivity index (χ0v) is 18.1. The third-order valence-electron chi connectivity index (χ3n) is 5.64. The predicted octanol–water partition coefficient (Wildman–Crippen LogP) is 4.11. The minimum Gasteiger partial charge on any atom is -0.481 e. The van der Waals surface area contributed by atoms with Crippen LogP contribution < -0.4 is 5.32 Å². The molecule has 0 saturated heterocycles. The van der Waals surface area contributed by atoms with Crippen molar-refractivity contribution in [3.8, 4) is 0 Å². The first-order valence-electron chi connectivity index (χ1n) is 10.9. The normalized spacial score (nSPS) is 13.7. The number of aryl methyl sites for hydroxylation is 3. The third-order valence-corrected chi connectivity index (χ3v) is 5.64. The number of nitrogens with zero attached hydrogens (tertiary/aromatic N) is 3. The lowest BCUT2D eigenvalue weighted by molar-refractivity contribution is -0.137. The van der Waals surface area contributed by atoms with Crippen LogP contribution in [0.15, 0.2) is 25.0 Å². The number of unbranched alkanes of at least 4 members (excludes halogenated alkanes) is 1. The highest BCUT2D eigenvalue weighted by molar-refractivity contribution is 5.80. The van der Waals surface area contributed by atoms with E-state index in [0.29, 0.717) is 17.8 Å². The van der Waals surface area contributed by atoms with Crippen LogP contribution in [0.1, 0.15) is 72.7 Å². The maximum absolute atomic E-state index is 12.5. The molecule has 0 bridgehead atoms. The lowest BCUT2D eigenvalue weighted by atomic mass is 9.91. The van der Waals surface area contributed by atoms with Gasteiger partial charge in [-0.05, 0) is 61.8 Å². The van der Waals surface area contributed by atoms with E-state index in [-0.39, 0.29) is 18.6 Å². The van der Waals surface area contributed by atoms with Crippen LogP contribution in [-0.4, -0.2) is 38.4 Å². The van der Waals surface area contributed by atoms with Gasteiger partial charge in [0, 0.05) is 37.7 Å². The van der Waals surface area contributed by atoms with Crippen LogP contribution in [0.4, 0.5) is 5.82 Å². The summed E-state index contributed by atoms with van der Waals surface area (Å²) in [6.45, 7) is 6.63. The van der Waals surface area contributed by atoms with Gasteiger partial charge in [-0.25, -0.2) is 15.0 Å². The molecule has 0 radical (unpaired) electrons. The lowest BCUT2D eigenvalue weighted by Gasteiger charge is -2.19. The van der Waals surface area contributed by atoms with Gasteiger partial charge in [0.2, 0.25) is 0 Å². The quantitative estimate of drug-likeness (QED) is 0.525. The summed E-state index contributed by atoms with van der Waals surface area (Å²) in [6.07, 6.45) is 10.1. The van der Waals surface area contributed by atoms with Gasteiger partial charge in [-0.15, -0.1) is 0 Å². The number of carbonyl (C=O) groups excluding carboxylic acids is 1. The van der Waals surface area contributed by atoms with Gasteiger partial charge < -0.3 is 10.4 Å². The van der Waals surface area contributed by atoms with Crippen LogP contribution in [0.3, 0.4) is 0 Å². The number of hydrogen-bond donors (Lipinski definition) is 2. The van der Waals surface area contributed by atoms with Crippen molar-refractivity contribution < 1.29 is 14.7 Å². The minimum atomic E-state index is -0.928. The van der Waals surface area contributed by atoms with Crippen LogP contribution >= 0.6 is 0 Å². The molecule has 0 fully saturated rings. The fourth-order valence-corrected chi connectivity index (χ4v) is 3.94. The molecule has 2 aromatic rings. The zero-order valence-electron chi connectivity index (χ0n) is 18.1. The number of aromatic nitrogens is 3. The Morgan fingerprint density at radius 2 is 2.03 bits per heavy atom. The van der Waals surface area contributed by atoms with Crippen molar-refractivity contribution in [3.63, 3.8) is 0 Å². The molecule has 0 aromatic carbocycles. The van der Waals surface area contributed by atoms with Crippen molar-refractivity contribution in [1.29, 1.82) is 0 Å². The van der Waals surface area contributed by atoms with Crippen molar-refractivity contribution in [2.24, 2.45) is 0 Å². The number of ketones is 1. The summed E-state index contributed by atoms with van der Waals surface area (Å²) >= 11 is 0. The molecule has 0 spiro atoms. The summed E-state index contributed by atoms with van der Waals surface area (Å²) in [6, 6.07) is 2.17. The van der Waals surface area contributed by atoms with Crippen molar-refractivity contribution >= 4 is 23.6 Å². The number of aliphatic carboxylic acids is 1. The average Bonchev–Trinajstić information content (AvgIpc) is 2.76. The topological polar surface area (TPSA) is 105 Å². The highest BCUT2D eigenvalue weighted by atomic mass is 16.4. The molecular formula is C24H30N4O3. The summed E-state index contributed by atoms with van der Waals surface area (Å²) in [7, 11) is 0. The van der Waals surface area contributed by atoms with E-state index in [1.807, 2.05) is 6.08 Å². The van der Waals surface area contributed by atoms with Gasteiger partial charge in [-0.1, -0.05) is 12.7 Å². The van der Waals surface area contributed by atoms with Gasteiger partial charge in [0.05, 0.1) is 12.1 Å². The molecule has 3 heterocycles. The summed E-state index contributed by atoms with van der Waals surface area (Å²) < 4.78 is 0. The van der Waals surface area contributed by atoms with Crippen LogP contribution in [0.5, 0.6) is 0 Å². The number of rotatable bonds is 11. The Morgan fingerprint density at radius 3 is 2.74 bits per heavy atom. The number of fused-ring (bicyclic) bond motifs is 1. The Kier molecular flexibility index (Phi) is 7.87. The maximum Gasteiger partial charge on any atom is 0.303 e. The monoisotopic (exact) mass is 422 g/mol. The van der Waals surface area contributed by atoms with Gasteiger partial charge in [-0.3, -0.25) is 9.59 Å². The molecule has 1 unspecified atom stereocenters. The van der Waals surface area contributed by atoms with Crippen molar-refractivity contribution in [3.05, 3.63) is 53.2 Å². The Balaban J connectivity index is 1.53. The fourth-order valence-electron chi connectivity index (χ4n) is 3.94. The van der Waals surface area contributed by atoms with Gasteiger partial charge >= 0.3 is 5.97 Å². The van der Waals surface area contributed by atoms with Crippen LogP contribution in [0, 0.1) is 6.92 Å². The Morgan fingerprint density at radius 1 is 1.26 bits per heavy atom. The smallest absolute Gasteiger partial charge is 0.303 e. The number of hydrogen-bond acceptors (Lipinski definition) is 6. The summed E-state index contributed by atoms with van der Waals surface area (Å²) in [5.74, 6) is 0.332. The largest absolute Gasteiger partial charge is 0.481 e. The van der Waals surface area contributed by atoms with E-state index in [1.165, 1.54) is 5.56 Å². The highest BCUT2D eigenvalue weighted by Gasteiger charge is 2.20. The number of carboxylic acid groups (broad SMARTS) is 1. The molecule has 7 heteroatoms. The second kappa shape index (κ2) is 10.8. The average molecular weight is 423 g/mol. The second-order valence-electron chi connectivity index (χ2n) is 8.07. The Hall–Kier alpha value is -3.09. The molecule has 164 valence electrons. The number of pyridine rings is 1. The van der Waals surface area contributed by atoms with E-state index in [0.717, 1.165) is 55.7 Å². The SMILES string of the molecule is C=Cc1cc2c(nc1CCCCC(=O)CC(CC(=O)O)c1cnc(C)nc1)NCCC2. The van der Waals surface area contributed by atoms with Crippen LogP contribution in [0.25, 0.3) is 6.08 Å². The number of nitrogens with one attached hydrogen (secondary N) is 1. The van der Waals surface area contributed by atoms with E-state index in [9.17, 15) is 14.7 Å². The summed E-state index contributed by atoms with van der Waals surface area (Å²) in [5.41, 5.74) is 4.01. The van der Waals surface area contributed by atoms with Gasteiger partial charge in [0.15, 0.2) is 0 Å². The Bertz CT molecular complexity index is 941. The molecule has 0 aliphatic carbocycles. The molecule has 31 heavy (non-hydrogen) atoms. The van der Waals surface area contributed by atoms with E-state index in [4.69, 9.17) is 4.98 Å².